The molecule has 1 aliphatic rings. The third-order valence-electron chi connectivity index (χ3n) is 2.38. The highest BCUT2D eigenvalue weighted by atomic mass is 16.5. The molecule has 0 aromatic heterocycles. The number of ether oxygens (including phenoxy) is 1. The van der Waals surface area contributed by atoms with Crippen LogP contribution in [0.2, 0.25) is 0 Å². The first kappa shape index (κ1) is 10.5. The van der Waals surface area contributed by atoms with Gasteiger partial charge in [-0.15, -0.1) is 0 Å². The number of carbonyl (C=O) groups is 1. The van der Waals surface area contributed by atoms with Gasteiger partial charge in [-0.25, -0.2) is 4.79 Å². The van der Waals surface area contributed by atoms with Crippen LogP contribution < -0.4 is 9.64 Å². The Morgan fingerprint density at radius 2 is 2.00 bits per heavy atom. The summed E-state index contributed by atoms with van der Waals surface area (Å²) in [6, 6.07) is 7.48. The molecule has 1 N–H and O–H groups in total. The van der Waals surface area contributed by atoms with E-state index in [0.29, 0.717) is 5.75 Å². The van der Waals surface area contributed by atoms with Crippen LogP contribution in [0.1, 0.15) is 0 Å². The number of aliphatic carboxylic acids is 1. The Hall–Kier alpha value is -1.97. The van der Waals surface area contributed by atoms with Crippen molar-refractivity contribution in [3.8, 4) is 5.75 Å². The summed E-state index contributed by atoms with van der Waals surface area (Å²) >= 11 is 0. The summed E-state index contributed by atoms with van der Waals surface area (Å²) in [5.41, 5.74) is 0.939. The van der Waals surface area contributed by atoms with Crippen LogP contribution in [-0.4, -0.2) is 30.8 Å². The van der Waals surface area contributed by atoms with Crippen molar-refractivity contribution in [1.29, 1.82) is 0 Å². The van der Waals surface area contributed by atoms with Gasteiger partial charge in [-0.1, -0.05) is 24.3 Å². The van der Waals surface area contributed by atoms with Crippen LogP contribution in [0.15, 0.2) is 36.4 Å². The molecule has 0 saturated carbocycles. The van der Waals surface area contributed by atoms with Crippen LogP contribution in [-0.2, 0) is 4.79 Å². The molecule has 0 unspecified atom stereocenters. The molecule has 0 spiro atoms. The predicted octanol–water partition coefficient (Wildman–Crippen LogP) is 1.53. The number of hydrogen-bond acceptors (Lipinski definition) is 3. The molecular formula is C12H13NO3. The number of nitrogens with zero attached hydrogens (tertiary/aromatic N) is 1. The fourth-order valence-electron chi connectivity index (χ4n) is 1.65. The maximum absolute atomic E-state index is 10.5. The van der Waals surface area contributed by atoms with E-state index in [1.807, 2.05) is 18.2 Å². The van der Waals surface area contributed by atoms with E-state index >= 15 is 0 Å². The maximum Gasteiger partial charge on any atom is 0.341 e. The van der Waals surface area contributed by atoms with E-state index in [2.05, 4.69) is 17.1 Å². The lowest BCUT2D eigenvalue weighted by Gasteiger charge is -2.20. The van der Waals surface area contributed by atoms with Gasteiger partial charge in [0.25, 0.3) is 0 Å². The van der Waals surface area contributed by atoms with E-state index in [-0.39, 0.29) is 6.61 Å². The molecule has 16 heavy (non-hydrogen) atoms. The summed E-state index contributed by atoms with van der Waals surface area (Å²) in [6.45, 7) is 1.37. The minimum Gasteiger partial charge on any atom is -0.480 e. The summed E-state index contributed by atoms with van der Waals surface area (Å²) in [6.07, 6.45) is 4.15. The first-order valence-corrected chi connectivity index (χ1v) is 5.11. The van der Waals surface area contributed by atoms with Crippen LogP contribution in [0.3, 0.4) is 0 Å². The Bertz CT molecular complexity index is 406. The van der Waals surface area contributed by atoms with E-state index < -0.39 is 5.97 Å². The second kappa shape index (κ2) is 4.70. The van der Waals surface area contributed by atoms with Gasteiger partial charge in [0.05, 0.1) is 5.69 Å². The second-order valence-corrected chi connectivity index (χ2v) is 3.53. The Labute approximate surface area is 93.8 Å². The molecule has 0 fully saturated rings. The van der Waals surface area contributed by atoms with E-state index in [1.165, 1.54) is 0 Å². The van der Waals surface area contributed by atoms with Crippen LogP contribution in [0.4, 0.5) is 5.69 Å². The van der Waals surface area contributed by atoms with Crippen LogP contribution >= 0.6 is 0 Å². The van der Waals surface area contributed by atoms with Gasteiger partial charge in [-0.05, 0) is 12.1 Å². The average molecular weight is 219 g/mol. The minimum atomic E-state index is -0.964. The van der Waals surface area contributed by atoms with Gasteiger partial charge in [-0.2, -0.15) is 0 Å². The molecular weight excluding hydrogens is 206 g/mol. The molecule has 1 heterocycles. The lowest BCUT2D eigenvalue weighted by molar-refractivity contribution is -0.139. The average Bonchev–Trinajstić information content (AvgIpc) is 2.80. The third-order valence-corrected chi connectivity index (χ3v) is 2.38. The smallest absolute Gasteiger partial charge is 0.341 e. The Balaban J connectivity index is 2.13. The fraction of sp³-hybridized carbons (Fsp3) is 0.250. The van der Waals surface area contributed by atoms with Crippen molar-refractivity contribution in [3.63, 3.8) is 0 Å². The van der Waals surface area contributed by atoms with Crippen molar-refractivity contribution in [2.24, 2.45) is 0 Å². The molecule has 84 valence electrons. The zero-order chi connectivity index (χ0) is 11.4. The number of benzene rings is 1. The van der Waals surface area contributed by atoms with Gasteiger partial charge in [0.2, 0.25) is 0 Å². The highest BCUT2D eigenvalue weighted by Crippen LogP contribution is 2.28. The monoisotopic (exact) mass is 219 g/mol. The standard InChI is InChI=1S/C12H13NO3/c14-12(15)9-16-11-6-2-1-5-10(11)13-7-3-4-8-13/h1-6H,7-9H2,(H,14,15). The summed E-state index contributed by atoms with van der Waals surface area (Å²) < 4.78 is 5.24. The SMILES string of the molecule is O=C(O)COc1ccccc1N1CC=CC1. The number of rotatable bonds is 4. The Morgan fingerprint density at radius 1 is 1.31 bits per heavy atom. The highest BCUT2D eigenvalue weighted by Gasteiger charge is 2.13. The number of anilines is 1. The number of carboxylic acid groups (broad SMARTS) is 1. The van der Waals surface area contributed by atoms with Crippen molar-refractivity contribution in [3.05, 3.63) is 36.4 Å². The second-order valence-electron chi connectivity index (χ2n) is 3.53. The van der Waals surface area contributed by atoms with E-state index in [9.17, 15) is 4.79 Å². The van der Waals surface area contributed by atoms with Gasteiger partial charge >= 0.3 is 5.97 Å². The quantitative estimate of drug-likeness (QED) is 0.780. The minimum absolute atomic E-state index is 0.307. The van der Waals surface area contributed by atoms with Crippen molar-refractivity contribution < 1.29 is 14.6 Å². The molecule has 0 bridgehead atoms. The van der Waals surface area contributed by atoms with Crippen molar-refractivity contribution in [2.45, 2.75) is 0 Å². The van der Waals surface area contributed by atoms with Crippen LogP contribution in [0.25, 0.3) is 0 Å². The number of para-hydroxylation sites is 2. The lowest BCUT2D eigenvalue weighted by atomic mass is 10.2. The van der Waals surface area contributed by atoms with Crippen molar-refractivity contribution >= 4 is 11.7 Å². The van der Waals surface area contributed by atoms with E-state index in [4.69, 9.17) is 9.84 Å². The Kier molecular flexibility index (Phi) is 3.10. The molecule has 1 aliphatic heterocycles. The molecule has 1 aromatic carbocycles. The zero-order valence-electron chi connectivity index (χ0n) is 8.80. The summed E-state index contributed by atoms with van der Waals surface area (Å²) in [5.74, 6) is -0.344. The topological polar surface area (TPSA) is 49.8 Å². The van der Waals surface area contributed by atoms with E-state index in [1.54, 1.807) is 6.07 Å². The third kappa shape index (κ3) is 2.34. The number of hydrogen-bond donors (Lipinski definition) is 1. The largest absolute Gasteiger partial charge is 0.480 e. The molecule has 4 heteroatoms. The van der Waals surface area contributed by atoms with Gasteiger partial charge in [0.1, 0.15) is 5.75 Å². The summed E-state index contributed by atoms with van der Waals surface area (Å²) in [5, 5.41) is 8.58. The lowest BCUT2D eigenvalue weighted by Crippen LogP contribution is -2.20. The molecule has 0 amide bonds. The van der Waals surface area contributed by atoms with Crippen molar-refractivity contribution in [2.75, 3.05) is 24.6 Å². The molecule has 2 rings (SSSR count). The summed E-state index contributed by atoms with van der Waals surface area (Å²) in [7, 11) is 0. The molecule has 4 nitrogen and oxygen atoms in total. The van der Waals surface area contributed by atoms with Gasteiger partial charge in [0, 0.05) is 13.1 Å². The van der Waals surface area contributed by atoms with Gasteiger partial charge < -0.3 is 14.7 Å². The fourth-order valence-corrected chi connectivity index (χ4v) is 1.65. The molecule has 1 aromatic rings. The first-order chi connectivity index (χ1) is 7.77. The van der Waals surface area contributed by atoms with Gasteiger partial charge in [-0.3, -0.25) is 0 Å². The Morgan fingerprint density at radius 3 is 2.69 bits per heavy atom. The summed E-state index contributed by atoms with van der Waals surface area (Å²) in [4.78, 5) is 12.6. The first-order valence-electron chi connectivity index (χ1n) is 5.11. The van der Waals surface area contributed by atoms with Crippen LogP contribution in [0.5, 0.6) is 5.75 Å². The number of carboxylic acids is 1. The molecule has 0 saturated heterocycles. The van der Waals surface area contributed by atoms with Crippen molar-refractivity contribution in [1.82, 2.24) is 0 Å². The van der Waals surface area contributed by atoms with E-state index in [0.717, 1.165) is 18.8 Å². The molecule has 0 radical (unpaired) electrons. The highest BCUT2D eigenvalue weighted by molar-refractivity contribution is 5.69. The normalized spacial score (nSPS) is 14.1. The molecule has 0 aliphatic carbocycles. The predicted molar refractivity (Wildman–Crippen MR) is 60.9 cm³/mol. The zero-order valence-corrected chi connectivity index (χ0v) is 8.80. The maximum atomic E-state index is 10.5. The van der Waals surface area contributed by atoms with Gasteiger partial charge in [0.15, 0.2) is 6.61 Å². The molecule has 0 atom stereocenters. The van der Waals surface area contributed by atoms with Crippen LogP contribution in [0, 0.1) is 0 Å².